The monoisotopic (exact) mass is 368 g/mol. The highest BCUT2D eigenvalue weighted by Crippen LogP contribution is 2.33. The summed E-state index contributed by atoms with van der Waals surface area (Å²) in [4.78, 5) is 35.0. The molecule has 0 aliphatic carbocycles. The number of thiazole rings is 1. The fourth-order valence-electron chi connectivity index (χ4n) is 1.51. The fourth-order valence-corrected chi connectivity index (χ4v) is 2.98. The molecule has 1 aromatic heterocycles. The number of aromatic nitrogens is 1. The van der Waals surface area contributed by atoms with E-state index in [4.69, 9.17) is 4.74 Å². The minimum Gasteiger partial charge on any atom is -0.459 e. The number of ether oxygens (including phenoxy) is 1. The Morgan fingerprint density at radius 3 is 2.54 bits per heavy atom. The van der Waals surface area contributed by atoms with Crippen LogP contribution in [0.25, 0.3) is 0 Å². The van der Waals surface area contributed by atoms with Gasteiger partial charge in [-0.15, -0.1) is 11.3 Å². The first-order valence-corrected chi connectivity index (χ1v) is 9.05. The van der Waals surface area contributed by atoms with Crippen LogP contribution in [0, 0.1) is 17.2 Å². The van der Waals surface area contributed by atoms with Gasteiger partial charge in [0.1, 0.15) is 10.5 Å². The number of nitrogens with zero attached hydrogens (tertiary/aromatic N) is 4. The lowest BCUT2D eigenvalue weighted by molar-refractivity contribution is -0.156. The van der Waals surface area contributed by atoms with Gasteiger partial charge >= 0.3 is 5.97 Å². The summed E-state index contributed by atoms with van der Waals surface area (Å²) in [6.07, 6.45) is 3.33. The standard InChI is InChI=1S/C15H20N4O3S2/c1-15(2,3)22-13(21)9(7-16)10(20)11-12(17-8-19(4)5)18-14(23-6)24-11/h8-9H,1-6H3. The maximum atomic E-state index is 12.6. The molecule has 24 heavy (non-hydrogen) atoms. The first-order valence-electron chi connectivity index (χ1n) is 7.01. The lowest BCUT2D eigenvalue weighted by Gasteiger charge is -2.20. The first-order chi connectivity index (χ1) is 11.1. The zero-order chi connectivity index (χ0) is 18.5. The summed E-state index contributed by atoms with van der Waals surface area (Å²) >= 11 is 2.47. The molecule has 0 radical (unpaired) electrons. The number of carbonyl (C=O) groups excluding carboxylic acids is 2. The molecule has 1 atom stereocenters. The molecule has 0 bridgehead atoms. The topological polar surface area (TPSA) is 95.6 Å². The molecule has 0 saturated carbocycles. The number of hydrogen-bond donors (Lipinski definition) is 0. The predicted octanol–water partition coefficient (Wildman–Crippen LogP) is 2.75. The molecule has 0 saturated heterocycles. The Labute approximate surface area is 149 Å². The van der Waals surface area contributed by atoms with E-state index in [2.05, 4.69) is 9.98 Å². The van der Waals surface area contributed by atoms with Gasteiger partial charge in [-0.1, -0.05) is 11.8 Å². The van der Waals surface area contributed by atoms with Crippen LogP contribution in [-0.2, 0) is 9.53 Å². The number of nitriles is 1. The van der Waals surface area contributed by atoms with E-state index in [1.54, 1.807) is 45.8 Å². The smallest absolute Gasteiger partial charge is 0.332 e. The van der Waals surface area contributed by atoms with E-state index in [-0.39, 0.29) is 10.7 Å². The average Bonchev–Trinajstić information content (AvgIpc) is 2.87. The highest BCUT2D eigenvalue weighted by atomic mass is 32.2. The largest absolute Gasteiger partial charge is 0.459 e. The van der Waals surface area contributed by atoms with Gasteiger partial charge in [-0.25, -0.2) is 9.98 Å². The second-order valence-corrected chi connectivity index (χ2v) is 8.06. The second-order valence-electron chi connectivity index (χ2n) is 6.00. The Hall–Kier alpha value is -1.92. The first kappa shape index (κ1) is 20.1. The van der Waals surface area contributed by atoms with Crippen LogP contribution in [0.15, 0.2) is 9.33 Å². The Kier molecular flexibility index (Phi) is 6.93. The van der Waals surface area contributed by atoms with Crippen molar-refractivity contribution >= 4 is 47.0 Å². The molecular weight excluding hydrogens is 348 g/mol. The molecule has 1 heterocycles. The molecule has 1 aromatic rings. The molecule has 0 amide bonds. The second kappa shape index (κ2) is 8.26. The maximum absolute atomic E-state index is 12.6. The summed E-state index contributed by atoms with van der Waals surface area (Å²) in [5, 5.41) is 9.26. The number of ketones is 1. The lowest BCUT2D eigenvalue weighted by Crippen LogP contribution is -2.31. The van der Waals surface area contributed by atoms with Crippen LogP contribution < -0.4 is 0 Å². The molecule has 1 unspecified atom stereocenters. The van der Waals surface area contributed by atoms with Crippen LogP contribution in [0.4, 0.5) is 5.82 Å². The van der Waals surface area contributed by atoms with Gasteiger partial charge in [0.15, 0.2) is 10.2 Å². The predicted molar refractivity (Wildman–Crippen MR) is 95.0 cm³/mol. The van der Waals surface area contributed by atoms with Gasteiger partial charge in [0, 0.05) is 14.1 Å². The number of thioether (sulfide) groups is 1. The van der Waals surface area contributed by atoms with Crippen LogP contribution in [0.1, 0.15) is 30.4 Å². The molecular formula is C15H20N4O3S2. The van der Waals surface area contributed by atoms with Crippen molar-refractivity contribution in [3.63, 3.8) is 0 Å². The summed E-state index contributed by atoms with van der Waals surface area (Å²) in [5.74, 6) is -2.84. The highest BCUT2D eigenvalue weighted by molar-refractivity contribution is 8.00. The van der Waals surface area contributed by atoms with E-state index in [1.807, 2.05) is 6.26 Å². The molecule has 7 nitrogen and oxygen atoms in total. The summed E-state index contributed by atoms with van der Waals surface area (Å²) in [6.45, 7) is 5.03. The molecule has 9 heteroatoms. The van der Waals surface area contributed by atoms with Gasteiger partial charge in [0.2, 0.25) is 11.7 Å². The van der Waals surface area contributed by atoms with Crippen molar-refractivity contribution in [2.75, 3.05) is 20.4 Å². The zero-order valence-electron chi connectivity index (χ0n) is 14.5. The fraction of sp³-hybridized carbons (Fsp3) is 0.533. The molecule has 0 aromatic carbocycles. The molecule has 0 fully saturated rings. The third kappa shape index (κ3) is 5.62. The molecule has 130 valence electrons. The van der Waals surface area contributed by atoms with Crippen molar-refractivity contribution in [1.82, 2.24) is 9.88 Å². The minimum absolute atomic E-state index is 0.176. The number of esters is 1. The van der Waals surface area contributed by atoms with Gasteiger partial charge in [-0.05, 0) is 27.0 Å². The highest BCUT2D eigenvalue weighted by Gasteiger charge is 2.34. The number of carbonyl (C=O) groups is 2. The average molecular weight is 368 g/mol. The van der Waals surface area contributed by atoms with Crippen molar-refractivity contribution < 1.29 is 14.3 Å². The van der Waals surface area contributed by atoms with Crippen molar-refractivity contribution in [3.8, 4) is 6.07 Å². The van der Waals surface area contributed by atoms with E-state index >= 15 is 0 Å². The SMILES string of the molecule is CSc1nc(N=CN(C)C)c(C(=O)C(C#N)C(=O)OC(C)(C)C)s1. The number of rotatable bonds is 6. The van der Waals surface area contributed by atoms with Crippen molar-refractivity contribution in [3.05, 3.63) is 4.88 Å². The summed E-state index contributed by atoms with van der Waals surface area (Å²) in [5.41, 5.74) is -0.781. The van der Waals surface area contributed by atoms with Crippen LogP contribution in [0.3, 0.4) is 0 Å². The van der Waals surface area contributed by atoms with Gasteiger partial charge in [0.25, 0.3) is 0 Å². The van der Waals surface area contributed by atoms with E-state index in [9.17, 15) is 14.9 Å². The van der Waals surface area contributed by atoms with Gasteiger partial charge in [-0.2, -0.15) is 5.26 Å². The van der Waals surface area contributed by atoms with Gasteiger partial charge < -0.3 is 9.64 Å². The third-order valence-corrected chi connectivity index (χ3v) is 4.48. The van der Waals surface area contributed by atoms with Crippen LogP contribution >= 0.6 is 23.1 Å². The van der Waals surface area contributed by atoms with E-state index in [1.165, 1.54) is 18.1 Å². The van der Waals surface area contributed by atoms with Crippen LogP contribution in [-0.4, -0.2) is 53.9 Å². The number of Topliss-reactive ketones (excluding diaryl/α,β-unsaturated/α-hetero) is 1. The third-order valence-electron chi connectivity index (χ3n) is 2.43. The molecule has 0 N–H and O–H groups in total. The Morgan fingerprint density at radius 1 is 1.46 bits per heavy atom. The van der Waals surface area contributed by atoms with Crippen molar-refractivity contribution in [2.45, 2.75) is 30.7 Å². The van der Waals surface area contributed by atoms with Crippen molar-refractivity contribution in [2.24, 2.45) is 10.9 Å². The lowest BCUT2D eigenvalue weighted by atomic mass is 10.0. The maximum Gasteiger partial charge on any atom is 0.332 e. The normalized spacial score (nSPS) is 12.7. The zero-order valence-corrected chi connectivity index (χ0v) is 16.1. The molecule has 1 rings (SSSR count). The minimum atomic E-state index is -1.53. The van der Waals surface area contributed by atoms with E-state index in [0.29, 0.717) is 4.34 Å². The molecule has 0 aliphatic rings. The van der Waals surface area contributed by atoms with Crippen molar-refractivity contribution in [1.29, 1.82) is 5.26 Å². The number of hydrogen-bond acceptors (Lipinski definition) is 8. The van der Waals surface area contributed by atoms with Crippen LogP contribution in [0.5, 0.6) is 0 Å². The van der Waals surface area contributed by atoms with E-state index in [0.717, 1.165) is 11.3 Å². The quantitative estimate of drug-likeness (QED) is 0.190. The Balaban J connectivity index is 3.18. The summed E-state index contributed by atoms with van der Waals surface area (Å²) in [7, 11) is 3.57. The molecule has 0 spiro atoms. The Bertz CT molecular complexity index is 684. The summed E-state index contributed by atoms with van der Waals surface area (Å²) in [6, 6.07) is 1.73. The van der Waals surface area contributed by atoms with E-state index < -0.39 is 23.3 Å². The van der Waals surface area contributed by atoms with Crippen LogP contribution in [0.2, 0.25) is 0 Å². The Morgan fingerprint density at radius 2 is 2.08 bits per heavy atom. The summed E-state index contributed by atoms with van der Waals surface area (Å²) < 4.78 is 5.78. The van der Waals surface area contributed by atoms with Gasteiger partial charge in [-0.3, -0.25) is 9.59 Å². The van der Waals surface area contributed by atoms with Gasteiger partial charge in [0.05, 0.1) is 12.4 Å². The number of aliphatic imine (C=N–C) groups is 1. The molecule has 0 aliphatic heterocycles.